The molecule has 3 aliphatic rings. The van der Waals surface area contributed by atoms with E-state index in [0.29, 0.717) is 25.1 Å². The quantitative estimate of drug-likeness (QED) is 0.331. The first kappa shape index (κ1) is 26.3. The Morgan fingerprint density at radius 1 is 1.05 bits per heavy atom. The summed E-state index contributed by atoms with van der Waals surface area (Å²) in [5.74, 6) is 0.00816. The maximum atomic E-state index is 12.7. The molecule has 3 aromatic carbocycles. The average molecular weight is 538 g/mol. The summed E-state index contributed by atoms with van der Waals surface area (Å²) in [6.07, 6.45) is 7.82. The van der Waals surface area contributed by atoms with Gasteiger partial charge in [-0.15, -0.1) is 0 Å². The lowest BCUT2D eigenvalue weighted by atomic mass is 9.80. The van der Waals surface area contributed by atoms with E-state index in [0.717, 1.165) is 39.4 Å². The molecule has 206 valence electrons. The molecule has 40 heavy (non-hydrogen) atoms. The second-order valence-corrected chi connectivity index (χ2v) is 11.3. The summed E-state index contributed by atoms with van der Waals surface area (Å²) in [4.78, 5) is 27.1. The molecule has 2 atom stereocenters. The fraction of sp³-hybridized carbons (Fsp3) is 0.375. The minimum atomic E-state index is -0.162. The molecule has 1 aliphatic heterocycles. The molecule has 8 heteroatoms. The number of benzene rings is 3. The standard InChI is InChI=1S/C32H35N5O3/c1-22-10-11-23(18-33-36-31(39)28-17-32(28)12-5-13-32)16-27(22)29-20-37(14-15-40-29)21-30(38)35-34-19-25-8-4-7-24-6-2-3-9-26(24)25/h2-4,6-11,16,18-19,28-29H,5,12-15,17,20-21H2,1H3,(H,35,38)(H,36,39)/b33-18+,34-19+. The molecule has 2 N–H and O–H groups in total. The molecule has 1 spiro atoms. The van der Waals surface area contributed by atoms with Crippen LogP contribution in [0.2, 0.25) is 0 Å². The highest BCUT2D eigenvalue weighted by molar-refractivity contribution is 6.00. The zero-order chi connectivity index (χ0) is 27.5. The number of ether oxygens (including phenoxy) is 1. The van der Waals surface area contributed by atoms with Crippen LogP contribution in [0.3, 0.4) is 0 Å². The molecule has 2 aliphatic carbocycles. The Morgan fingerprint density at radius 3 is 2.70 bits per heavy atom. The van der Waals surface area contributed by atoms with Crippen LogP contribution in [0.4, 0.5) is 0 Å². The number of amides is 2. The molecule has 0 bridgehead atoms. The van der Waals surface area contributed by atoms with Crippen LogP contribution in [0.5, 0.6) is 0 Å². The summed E-state index contributed by atoms with van der Waals surface area (Å²) in [6.45, 7) is 4.10. The van der Waals surface area contributed by atoms with Crippen LogP contribution in [-0.2, 0) is 14.3 Å². The third-order valence-corrected chi connectivity index (χ3v) is 8.63. The largest absolute Gasteiger partial charge is 0.371 e. The van der Waals surface area contributed by atoms with E-state index in [9.17, 15) is 9.59 Å². The zero-order valence-electron chi connectivity index (χ0n) is 22.8. The predicted octanol–water partition coefficient (Wildman–Crippen LogP) is 4.31. The Balaban J connectivity index is 1.02. The molecule has 6 rings (SSSR count). The van der Waals surface area contributed by atoms with Crippen molar-refractivity contribution < 1.29 is 14.3 Å². The highest BCUT2D eigenvalue weighted by Gasteiger charge is 2.60. The van der Waals surface area contributed by atoms with Crippen LogP contribution in [0.25, 0.3) is 10.8 Å². The summed E-state index contributed by atoms with van der Waals surface area (Å²) in [6, 6.07) is 20.2. The van der Waals surface area contributed by atoms with E-state index >= 15 is 0 Å². The molecule has 8 nitrogen and oxygen atoms in total. The molecule has 1 saturated heterocycles. The molecule has 0 aromatic heterocycles. The number of nitrogens with zero attached hydrogens (tertiary/aromatic N) is 3. The van der Waals surface area contributed by atoms with Gasteiger partial charge in [0.2, 0.25) is 5.91 Å². The molecular weight excluding hydrogens is 502 g/mol. The number of nitrogens with one attached hydrogen (secondary N) is 2. The number of carbonyl (C=O) groups is 2. The Kier molecular flexibility index (Phi) is 7.45. The summed E-state index contributed by atoms with van der Waals surface area (Å²) in [5.41, 5.74) is 9.72. The average Bonchev–Trinajstić information content (AvgIpc) is 3.72. The summed E-state index contributed by atoms with van der Waals surface area (Å²) < 4.78 is 6.10. The smallest absolute Gasteiger partial charge is 0.254 e. The van der Waals surface area contributed by atoms with E-state index in [-0.39, 0.29) is 30.4 Å². The Bertz CT molecular complexity index is 1470. The van der Waals surface area contributed by atoms with Gasteiger partial charge in [-0.3, -0.25) is 14.5 Å². The Labute approximate surface area is 234 Å². The fourth-order valence-corrected chi connectivity index (χ4v) is 6.05. The van der Waals surface area contributed by atoms with Crippen molar-refractivity contribution in [3.63, 3.8) is 0 Å². The monoisotopic (exact) mass is 537 g/mol. The molecule has 2 saturated carbocycles. The fourth-order valence-electron chi connectivity index (χ4n) is 6.05. The van der Waals surface area contributed by atoms with E-state index in [2.05, 4.69) is 51.1 Å². The number of carbonyl (C=O) groups excluding carboxylic acids is 2. The Hall–Kier alpha value is -3.88. The van der Waals surface area contributed by atoms with Gasteiger partial charge in [-0.25, -0.2) is 10.9 Å². The van der Waals surface area contributed by atoms with Crippen molar-refractivity contribution >= 4 is 35.0 Å². The van der Waals surface area contributed by atoms with Crippen molar-refractivity contribution in [1.82, 2.24) is 15.8 Å². The van der Waals surface area contributed by atoms with Gasteiger partial charge in [0.1, 0.15) is 0 Å². The first-order valence-electron chi connectivity index (χ1n) is 14.1. The van der Waals surface area contributed by atoms with Gasteiger partial charge in [-0.05, 0) is 65.1 Å². The van der Waals surface area contributed by atoms with Crippen molar-refractivity contribution in [3.05, 3.63) is 82.9 Å². The molecule has 2 amide bonds. The van der Waals surface area contributed by atoms with Gasteiger partial charge >= 0.3 is 0 Å². The number of hydrogen-bond donors (Lipinski definition) is 2. The van der Waals surface area contributed by atoms with Crippen LogP contribution in [0.1, 0.15) is 54.0 Å². The van der Waals surface area contributed by atoms with Gasteiger partial charge in [0.15, 0.2) is 0 Å². The predicted molar refractivity (Wildman–Crippen MR) is 156 cm³/mol. The van der Waals surface area contributed by atoms with Gasteiger partial charge in [0.25, 0.3) is 5.91 Å². The lowest BCUT2D eigenvalue weighted by molar-refractivity contribution is -0.124. The number of hydrazone groups is 2. The maximum absolute atomic E-state index is 12.7. The van der Waals surface area contributed by atoms with Crippen LogP contribution < -0.4 is 10.9 Å². The van der Waals surface area contributed by atoms with Crippen LogP contribution >= 0.6 is 0 Å². The first-order valence-corrected chi connectivity index (χ1v) is 14.1. The van der Waals surface area contributed by atoms with Crippen LogP contribution in [0, 0.1) is 18.3 Å². The molecule has 3 fully saturated rings. The third kappa shape index (κ3) is 5.69. The lowest BCUT2D eigenvalue weighted by Gasteiger charge is -2.33. The van der Waals surface area contributed by atoms with Crippen molar-refractivity contribution in [2.75, 3.05) is 26.2 Å². The van der Waals surface area contributed by atoms with Crippen LogP contribution in [0.15, 0.2) is 70.9 Å². The second-order valence-electron chi connectivity index (χ2n) is 11.3. The summed E-state index contributed by atoms with van der Waals surface area (Å²) in [7, 11) is 0. The van der Waals surface area contributed by atoms with Crippen molar-refractivity contribution in [2.45, 2.75) is 38.7 Å². The highest BCUT2D eigenvalue weighted by Crippen LogP contribution is 2.65. The van der Waals surface area contributed by atoms with Crippen LogP contribution in [-0.4, -0.2) is 55.4 Å². The maximum Gasteiger partial charge on any atom is 0.254 e. The SMILES string of the molecule is Cc1ccc(/C=N/NC(=O)C2CC23CCC3)cc1C1CN(CC(=O)N/N=C/c2cccc3ccccc23)CCO1. The van der Waals surface area contributed by atoms with Crippen molar-refractivity contribution in [1.29, 1.82) is 0 Å². The van der Waals surface area contributed by atoms with Gasteiger partial charge in [0.05, 0.1) is 31.7 Å². The third-order valence-electron chi connectivity index (χ3n) is 8.63. The van der Waals surface area contributed by atoms with Crippen molar-refractivity contribution in [3.8, 4) is 0 Å². The number of fused-ring (bicyclic) bond motifs is 1. The molecule has 2 unspecified atom stereocenters. The number of aryl methyl sites for hydroxylation is 1. The van der Waals surface area contributed by atoms with E-state index in [1.54, 1.807) is 12.4 Å². The molecular formula is C32H35N5O3. The van der Waals surface area contributed by atoms with E-state index in [1.165, 1.54) is 19.3 Å². The minimum Gasteiger partial charge on any atom is -0.371 e. The normalized spacial score (nSPS) is 22.0. The first-order chi connectivity index (χ1) is 19.5. The molecule has 1 heterocycles. The van der Waals surface area contributed by atoms with Gasteiger partial charge in [0, 0.05) is 24.6 Å². The van der Waals surface area contributed by atoms with E-state index in [4.69, 9.17) is 4.74 Å². The van der Waals surface area contributed by atoms with E-state index < -0.39 is 0 Å². The van der Waals surface area contributed by atoms with Gasteiger partial charge in [-0.2, -0.15) is 10.2 Å². The lowest BCUT2D eigenvalue weighted by Crippen LogP contribution is -2.43. The van der Waals surface area contributed by atoms with E-state index in [1.807, 2.05) is 42.5 Å². The van der Waals surface area contributed by atoms with Crippen molar-refractivity contribution in [2.24, 2.45) is 21.5 Å². The Morgan fingerprint density at radius 2 is 1.88 bits per heavy atom. The molecule has 0 radical (unpaired) electrons. The zero-order valence-corrected chi connectivity index (χ0v) is 22.8. The summed E-state index contributed by atoms with van der Waals surface area (Å²) >= 11 is 0. The van der Waals surface area contributed by atoms with Gasteiger partial charge < -0.3 is 4.74 Å². The topological polar surface area (TPSA) is 95.4 Å². The number of rotatable bonds is 8. The molecule has 3 aromatic rings. The number of hydrogen-bond acceptors (Lipinski definition) is 6. The summed E-state index contributed by atoms with van der Waals surface area (Å²) in [5, 5.41) is 10.7. The highest BCUT2D eigenvalue weighted by atomic mass is 16.5. The second kappa shape index (κ2) is 11.3. The minimum absolute atomic E-state index is 0.0364. The van der Waals surface area contributed by atoms with Gasteiger partial charge in [-0.1, -0.05) is 61.0 Å². The number of morpholine rings is 1.